The van der Waals surface area contributed by atoms with Gasteiger partial charge in [0.05, 0.1) is 98.5 Å². The summed E-state index contributed by atoms with van der Waals surface area (Å²) >= 11 is 0. The average Bonchev–Trinajstić information content (AvgIpc) is 3.56. The molecule has 0 atom stereocenters. The van der Waals surface area contributed by atoms with Crippen LogP contribution in [0, 0.1) is 0 Å². The molecule has 0 aromatic heterocycles. The third kappa shape index (κ3) is 21.8. The molecule has 2 aromatic rings. The first-order valence-corrected chi connectivity index (χ1v) is 20.5. The van der Waals surface area contributed by atoms with Crippen LogP contribution in [0.5, 0.6) is 0 Å². The van der Waals surface area contributed by atoms with E-state index in [1.807, 2.05) is 36.4 Å². The Kier molecular flexibility index (Phi) is 25.3. The number of nitrogens with one attached hydrogen (secondary N) is 3. The van der Waals surface area contributed by atoms with Gasteiger partial charge in [0.25, 0.3) is 0 Å². The first kappa shape index (κ1) is 50.2. The van der Waals surface area contributed by atoms with Crippen molar-refractivity contribution in [1.29, 1.82) is 0 Å². The number of benzene rings is 2. The number of nitrogens with zero attached hydrogens (tertiary/aromatic N) is 1. The zero-order valence-corrected chi connectivity index (χ0v) is 34.6. The first-order valence-electron chi connectivity index (χ1n) is 20.5. The van der Waals surface area contributed by atoms with Gasteiger partial charge in [-0.05, 0) is 22.3 Å². The van der Waals surface area contributed by atoms with Gasteiger partial charge in [0.2, 0.25) is 17.7 Å². The fourth-order valence-corrected chi connectivity index (χ4v) is 6.01. The summed E-state index contributed by atoms with van der Waals surface area (Å²) in [6.07, 6.45) is -0.545. The van der Waals surface area contributed by atoms with Gasteiger partial charge in [-0.25, -0.2) is 4.79 Å². The van der Waals surface area contributed by atoms with E-state index in [2.05, 4.69) is 28.1 Å². The van der Waals surface area contributed by atoms with Crippen molar-refractivity contribution in [1.82, 2.24) is 20.9 Å². The van der Waals surface area contributed by atoms with Crippen LogP contribution in [-0.4, -0.2) is 169 Å². The van der Waals surface area contributed by atoms with Gasteiger partial charge in [0.15, 0.2) is 0 Å². The second-order valence-electron chi connectivity index (χ2n) is 13.5. The van der Waals surface area contributed by atoms with Crippen LogP contribution in [0.1, 0.15) is 49.1 Å². The largest absolute Gasteiger partial charge is 0.481 e. The number of carbonyl (C=O) groups excluding carboxylic acids is 4. The van der Waals surface area contributed by atoms with Crippen LogP contribution in [-0.2, 0) is 57.1 Å². The molecule has 4 amide bonds. The Balaban J connectivity index is 1.31. The third-order valence-electron chi connectivity index (χ3n) is 9.06. The molecule has 0 fully saturated rings. The molecule has 338 valence electrons. The summed E-state index contributed by atoms with van der Waals surface area (Å²) in [6, 6.07) is 16.1. The second kappa shape index (κ2) is 30.8. The molecule has 0 spiro atoms. The number of amides is 4. The van der Waals surface area contributed by atoms with Crippen LogP contribution in [0.2, 0.25) is 0 Å². The number of carboxylic acid groups (broad SMARTS) is 2. The molecule has 2 aromatic carbocycles. The maximum absolute atomic E-state index is 13.2. The molecule has 0 bridgehead atoms. The predicted molar refractivity (Wildman–Crippen MR) is 219 cm³/mol. The van der Waals surface area contributed by atoms with Crippen molar-refractivity contribution in [2.45, 2.75) is 38.0 Å². The normalized spacial score (nSPS) is 11.7. The van der Waals surface area contributed by atoms with Gasteiger partial charge in [-0.1, -0.05) is 48.5 Å². The van der Waals surface area contributed by atoms with Crippen LogP contribution in [0.3, 0.4) is 0 Å². The van der Waals surface area contributed by atoms with E-state index in [0.717, 1.165) is 22.3 Å². The molecule has 19 heteroatoms. The Bertz CT molecular complexity index is 1600. The highest BCUT2D eigenvalue weighted by atomic mass is 16.6. The van der Waals surface area contributed by atoms with E-state index in [0.29, 0.717) is 6.61 Å². The van der Waals surface area contributed by atoms with Crippen molar-refractivity contribution in [3.05, 3.63) is 59.7 Å². The number of hydrogen-bond acceptors (Lipinski definition) is 13. The summed E-state index contributed by atoms with van der Waals surface area (Å²) in [7, 11) is 0. The third-order valence-corrected chi connectivity index (χ3v) is 9.06. The van der Waals surface area contributed by atoms with Crippen molar-refractivity contribution in [3.8, 4) is 11.1 Å². The SMILES string of the molecule is O=C(O)CCOCCOCCOCCC(=O)NCCN(CCNC(=O)CCOCCOCCC(=O)O)C(=O)CCOCCNC(=O)OCC1c2ccccc2-c2ccccc21. The van der Waals surface area contributed by atoms with Crippen molar-refractivity contribution in [2.75, 3.05) is 119 Å². The maximum Gasteiger partial charge on any atom is 0.407 e. The highest BCUT2D eigenvalue weighted by Crippen LogP contribution is 2.44. The van der Waals surface area contributed by atoms with Gasteiger partial charge in [-0.15, -0.1) is 0 Å². The molecule has 5 N–H and O–H groups in total. The minimum absolute atomic E-state index is 0.0274. The summed E-state index contributed by atoms with van der Waals surface area (Å²) in [5.74, 6) is -2.75. The van der Waals surface area contributed by atoms with Crippen molar-refractivity contribution in [2.24, 2.45) is 0 Å². The molecule has 0 heterocycles. The van der Waals surface area contributed by atoms with E-state index in [-0.39, 0.29) is 168 Å². The lowest BCUT2D eigenvalue weighted by Gasteiger charge is -2.23. The number of aliphatic carboxylic acids is 2. The predicted octanol–water partition coefficient (Wildman–Crippen LogP) is 1.81. The van der Waals surface area contributed by atoms with Gasteiger partial charge in [-0.3, -0.25) is 24.0 Å². The highest BCUT2D eigenvalue weighted by molar-refractivity contribution is 5.79. The summed E-state index contributed by atoms with van der Waals surface area (Å²) in [5.41, 5.74) is 4.50. The zero-order chi connectivity index (χ0) is 43.9. The second-order valence-corrected chi connectivity index (χ2v) is 13.5. The van der Waals surface area contributed by atoms with Crippen molar-refractivity contribution >= 4 is 35.8 Å². The lowest BCUT2D eigenvalue weighted by Crippen LogP contribution is -2.43. The number of fused-ring (bicyclic) bond motifs is 3. The van der Waals surface area contributed by atoms with Gasteiger partial charge in [-0.2, -0.15) is 0 Å². The smallest absolute Gasteiger partial charge is 0.407 e. The summed E-state index contributed by atoms with van der Waals surface area (Å²) in [4.78, 5) is 72.9. The van der Waals surface area contributed by atoms with Crippen LogP contribution in [0.4, 0.5) is 4.79 Å². The average molecular weight is 861 g/mol. The Morgan fingerprint density at radius 2 is 0.902 bits per heavy atom. The minimum Gasteiger partial charge on any atom is -0.481 e. The first-order chi connectivity index (χ1) is 29.7. The standard InChI is InChI=1S/C42H60N4O15/c47-37(9-19-56-25-26-58-22-12-40(50)51)43-14-17-46(18-15-44-38(48)10-20-57-27-29-60-30-28-59-23-13-41(52)53)39(49)11-21-55-24-16-45-42(54)61-31-36-34-7-3-1-5-32(34)33-6-2-4-8-35(33)36/h1-8,36H,9-31H2,(H,43,47)(H,44,48)(H,45,54)(H,50,51)(H,52,53). The summed E-state index contributed by atoms with van der Waals surface area (Å²) in [5, 5.41) is 25.4. The van der Waals surface area contributed by atoms with Gasteiger partial charge < -0.3 is 64.2 Å². The molecule has 0 saturated heterocycles. The van der Waals surface area contributed by atoms with Gasteiger partial charge in [0.1, 0.15) is 6.61 Å². The number of hydrogen-bond donors (Lipinski definition) is 5. The molecule has 3 rings (SSSR count). The van der Waals surface area contributed by atoms with Crippen LogP contribution in [0.25, 0.3) is 11.1 Å². The molecule has 61 heavy (non-hydrogen) atoms. The van der Waals surface area contributed by atoms with E-state index in [1.165, 1.54) is 4.90 Å². The van der Waals surface area contributed by atoms with Crippen LogP contribution in [0.15, 0.2) is 48.5 Å². The lowest BCUT2D eigenvalue weighted by atomic mass is 9.98. The molecule has 1 aliphatic rings. The molecule has 0 saturated carbocycles. The fourth-order valence-electron chi connectivity index (χ4n) is 6.01. The molecule has 19 nitrogen and oxygen atoms in total. The monoisotopic (exact) mass is 860 g/mol. The summed E-state index contributed by atoms with van der Waals surface area (Å²) < 4.78 is 37.5. The molecule has 0 radical (unpaired) electrons. The maximum atomic E-state index is 13.2. The van der Waals surface area contributed by atoms with Crippen molar-refractivity contribution < 1.29 is 72.1 Å². The van der Waals surface area contributed by atoms with Gasteiger partial charge >= 0.3 is 18.0 Å². The Labute approximate surface area is 355 Å². The van der Waals surface area contributed by atoms with E-state index in [4.69, 9.17) is 43.4 Å². The Morgan fingerprint density at radius 3 is 1.38 bits per heavy atom. The number of carboxylic acids is 2. The van der Waals surface area contributed by atoms with Crippen LogP contribution < -0.4 is 16.0 Å². The van der Waals surface area contributed by atoms with E-state index >= 15 is 0 Å². The van der Waals surface area contributed by atoms with Gasteiger partial charge in [0, 0.05) is 51.5 Å². The molecule has 0 unspecified atom stereocenters. The van der Waals surface area contributed by atoms with Crippen molar-refractivity contribution in [3.63, 3.8) is 0 Å². The Morgan fingerprint density at radius 1 is 0.492 bits per heavy atom. The Hall–Kier alpha value is -5.18. The van der Waals surface area contributed by atoms with E-state index in [1.54, 1.807) is 0 Å². The molecular weight excluding hydrogens is 800 g/mol. The quantitative estimate of drug-likeness (QED) is 0.0621. The zero-order valence-electron chi connectivity index (χ0n) is 34.6. The minimum atomic E-state index is -0.953. The van der Waals surface area contributed by atoms with Crippen LogP contribution >= 0.6 is 0 Å². The van der Waals surface area contributed by atoms with E-state index in [9.17, 15) is 28.8 Å². The number of ether oxygens (including phenoxy) is 7. The highest BCUT2D eigenvalue weighted by Gasteiger charge is 2.29. The molecule has 0 aliphatic heterocycles. The topological polar surface area (TPSA) is 247 Å². The number of alkyl carbamates (subject to hydrolysis) is 1. The van der Waals surface area contributed by atoms with E-state index < -0.39 is 18.0 Å². The number of rotatable bonds is 35. The molecule has 1 aliphatic carbocycles. The number of carbonyl (C=O) groups is 6. The lowest BCUT2D eigenvalue weighted by molar-refractivity contribution is -0.139. The summed E-state index contributed by atoms with van der Waals surface area (Å²) in [6.45, 7) is 3.29. The molecular formula is C42H60N4O15. The fraction of sp³-hybridized carbons (Fsp3) is 0.571.